The average molecular weight is 267 g/mol. The number of benzene rings is 1. The zero-order valence-corrected chi connectivity index (χ0v) is 11.2. The number of hydrogen-bond donors (Lipinski definition) is 0. The number of halogens is 1. The number of carbonyl (C=O) groups excluding carboxylic acids is 2. The predicted molar refractivity (Wildman–Crippen MR) is 69.2 cm³/mol. The monoisotopic (exact) mass is 267 g/mol. The molecule has 0 radical (unpaired) electrons. The number of esters is 1. The molecule has 1 aromatic carbocycles. The highest BCUT2D eigenvalue weighted by atomic mass is 19.1. The highest BCUT2D eigenvalue weighted by molar-refractivity contribution is 5.96. The smallest absolute Gasteiger partial charge is 0.325 e. The van der Waals surface area contributed by atoms with E-state index in [1.165, 1.54) is 23.1 Å². The minimum Gasteiger partial charge on any atom is -0.465 e. The Morgan fingerprint density at radius 3 is 2.53 bits per heavy atom. The van der Waals surface area contributed by atoms with Gasteiger partial charge < -0.3 is 9.64 Å². The minimum absolute atomic E-state index is 0.0275. The third-order valence-corrected chi connectivity index (χ3v) is 2.51. The van der Waals surface area contributed by atoms with Gasteiger partial charge in [-0.2, -0.15) is 0 Å². The van der Waals surface area contributed by atoms with Crippen molar-refractivity contribution in [2.45, 2.75) is 20.3 Å². The Bertz CT molecular complexity index is 448. The molecule has 1 rings (SSSR count). The van der Waals surface area contributed by atoms with Crippen molar-refractivity contribution in [1.29, 1.82) is 0 Å². The summed E-state index contributed by atoms with van der Waals surface area (Å²) < 4.78 is 18.4. The van der Waals surface area contributed by atoms with E-state index in [9.17, 15) is 14.0 Å². The Kier molecular flexibility index (Phi) is 5.99. The first-order chi connectivity index (χ1) is 9.10. The summed E-state index contributed by atoms with van der Waals surface area (Å²) in [6.07, 6.45) is 0.680. The van der Waals surface area contributed by atoms with Crippen LogP contribution in [-0.2, 0) is 9.53 Å². The molecule has 1 amide bonds. The van der Waals surface area contributed by atoms with Gasteiger partial charge in [0.05, 0.1) is 12.2 Å². The van der Waals surface area contributed by atoms with Crippen molar-refractivity contribution in [2.24, 2.45) is 0 Å². The Balaban J connectivity index is 2.84. The van der Waals surface area contributed by atoms with Gasteiger partial charge >= 0.3 is 5.97 Å². The molecule has 5 heteroatoms. The SMILES string of the molecule is CCCN(CC(=O)OCC)C(=O)c1ccccc1F. The second-order valence-corrected chi connectivity index (χ2v) is 4.01. The molecule has 4 nitrogen and oxygen atoms in total. The second kappa shape index (κ2) is 7.51. The zero-order chi connectivity index (χ0) is 14.3. The summed E-state index contributed by atoms with van der Waals surface area (Å²) in [5.41, 5.74) is -0.0275. The maximum atomic E-state index is 13.6. The van der Waals surface area contributed by atoms with Gasteiger partial charge in [0, 0.05) is 6.54 Å². The normalized spacial score (nSPS) is 10.1. The molecular weight excluding hydrogens is 249 g/mol. The van der Waals surface area contributed by atoms with Crippen molar-refractivity contribution in [1.82, 2.24) is 4.90 Å². The lowest BCUT2D eigenvalue weighted by Crippen LogP contribution is -2.37. The first kappa shape index (κ1) is 15.1. The molecule has 0 unspecified atom stereocenters. The molecule has 0 bridgehead atoms. The van der Waals surface area contributed by atoms with E-state index < -0.39 is 17.7 Å². The van der Waals surface area contributed by atoms with Crippen molar-refractivity contribution < 1.29 is 18.7 Å². The van der Waals surface area contributed by atoms with Crippen molar-refractivity contribution in [3.05, 3.63) is 35.6 Å². The van der Waals surface area contributed by atoms with Crippen molar-refractivity contribution >= 4 is 11.9 Å². The van der Waals surface area contributed by atoms with Crippen molar-refractivity contribution in [3.8, 4) is 0 Å². The van der Waals surface area contributed by atoms with Crippen LogP contribution < -0.4 is 0 Å². The fourth-order valence-electron chi connectivity index (χ4n) is 1.69. The number of amides is 1. The van der Waals surface area contributed by atoms with Crippen LogP contribution in [0.2, 0.25) is 0 Å². The molecule has 1 aromatic rings. The largest absolute Gasteiger partial charge is 0.465 e. The standard InChI is InChI=1S/C14H18FNO3/c1-3-9-16(10-13(17)19-4-2)14(18)11-7-5-6-8-12(11)15/h5-8H,3-4,9-10H2,1-2H3. The van der Waals surface area contributed by atoms with E-state index >= 15 is 0 Å². The highest BCUT2D eigenvalue weighted by Crippen LogP contribution is 2.10. The fourth-order valence-corrected chi connectivity index (χ4v) is 1.69. The number of nitrogens with zero attached hydrogens (tertiary/aromatic N) is 1. The zero-order valence-electron chi connectivity index (χ0n) is 11.2. The Hall–Kier alpha value is -1.91. The maximum absolute atomic E-state index is 13.6. The third-order valence-electron chi connectivity index (χ3n) is 2.51. The topological polar surface area (TPSA) is 46.6 Å². The van der Waals surface area contributed by atoms with E-state index in [0.29, 0.717) is 13.0 Å². The first-order valence-electron chi connectivity index (χ1n) is 6.29. The van der Waals surface area contributed by atoms with Crippen LogP contribution in [0.1, 0.15) is 30.6 Å². The predicted octanol–water partition coefficient (Wildman–Crippen LogP) is 2.24. The lowest BCUT2D eigenvalue weighted by Gasteiger charge is -2.21. The van der Waals surface area contributed by atoms with E-state index in [1.807, 2.05) is 6.92 Å². The van der Waals surface area contributed by atoms with Crippen LogP contribution in [0.15, 0.2) is 24.3 Å². The molecule has 19 heavy (non-hydrogen) atoms. The molecule has 0 aliphatic rings. The van der Waals surface area contributed by atoms with Gasteiger partial charge in [0.1, 0.15) is 12.4 Å². The maximum Gasteiger partial charge on any atom is 0.325 e. The lowest BCUT2D eigenvalue weighted by atomic mass is 10.2. The van der Waals surface area contributed by atoms with E-state index in [1.54, 1.807) is 13.0 Å². The van der Waals surface area contributed by atoms with Gasteiger partial charge in [-0.15, -0.1) is 0 Å². The summed E-state index contributed by atoms with van der Waals surface area (Å²) in [4.78, 5) is 24.9. The van der Waals surface area contributed by atoms with E-state index in [4.69, 9.17) is 4.74 Å². The summed E-state index contributed by atoms with van der Waals surface area (Å²) in [7, 11) is 0. The van der Waals surface area contributed by atoms with E-state index in [0.717, 1.165) is 0 Å². The van der Waals surface area contributed by atoms with Gasteiger partial charge in [0.2, 0.25) is 0 Å². The molecule has 0 spiro atoms. The molecule has 0 heterocycles. The molecule has 0 N–H and O–H groups in total. The average Bonchev–Trinajstić information content (AvgIpc) is 2.38. The summed E-state index contributed by atoms with van der Waals surface area (Å²) in [6, 6.07) is 5.74. The first-order valence-corrected chi connectivity index (χ1v) is 6.29. The Morgan fingerprint density at radius 1 is 1.26 bits per heavy atom. The number of carbonyl (C=O) groups is 2. The highest BCUT2D eigenvalue weighted by Gasteiger charge is 2.21. The Morgan fingerprint density at radius 2 is 1.95 bits per heavy atom. The molecule has 0 aliphatic carbocycles. The van der Waals surface area contributed by atoms with Crippen molar-refractivity contribution in [2.75, 3.05) is 19.7 Å². The van der Waals surface area contributed by atoms with Gasteiger partial charge in [0.15, 0.2) is 0 Å². The van der Waals surface area contributed by atoms with Crippen LogP contribution in [0.25, 0.3) is 0 Å². The quantitative estimate of drug-likeness (QED) is 0.743. The van der Waals surface area contributed by atoms with Crippen molar-refractivity contribution in [3.63, 3.8) is 0 Å². The molecule has 0 saturated heterocycles. The second-order valence-electron chi connectivity index (χ2n) is 4.01. The van der Waals surface area contributed by atoms with Gasteiger partial charge in [-0.05, 0) is 25.5 Å². The van der Waals surface area contributed by atoms with Crippen LogP contribution in [0, 0.1) is 5.82 Å². The van der Waals surface area contributed by atoms with Crippen LogP contribution in [0.4, 0.5) is 4.39 Å². The molecule has 104 valence electrons. The van der Waals surface area contributed by atoms with Gasteiger partial charge in [-0.3, -0.25) is 9.59 Å². The molecule has 0 saturated carbocycles. The van der Waals surface area contributed by atoms with Crippen LogP contribution in [0.5, 0.6) is 0 Å². The molecule has 0 fully saturated rings. The third kappa shape index (κ3) is 4.35. The van der Waals surface area contributed by atoms with Crippen LogP contribution in [0.3, 0.4) is 0 Å². The van der Waals surface area contributed by atoms with Crippen LogP contribution in [-0.4, -0.2) is 36.5 Å². The minimum atomic E-state index is -0.586. The molecule has 0 aromatic heterocycles. The number of hydrogen-bond acceptors (Lipinski definition) is 3. The number of ether oxygens (including phenoxy) is 1. The van der Waals surface area contributed by atoms with E-state index in [-0.39, 0.29) is 18.7 Å². The lowest BCUT2D eigenvalue weighted by molar-refractivity contribution is -0.143. The van der Waals surface area contributed by atoms with Gasteiger partial charge in [0.25, 0.3) is 5.91 Å². The summed E-state index contributed by atoms with van der Waals surface area (Å²) >= 11 is 0. The summed E-state index contributed by atoms with van der Waals surface area (Å²) in [6.45, 7) is 4.06. The van der Waals surface area contributed by atoms with Gasteiger partial charge in [-0.1, -0.05) is 19.1 Å². The van der Waals surface area contributed by atoms with Crippen LogP contribution >= 0.6 is 0 Å². The van der Waals surface area contributed by atoms with E-state index in [2.05, 4.69) is 0 Å². The molecule has 0 atom stereocenters. The number of rotatable bonds is 6. The molecule has 0 aliphatic heterocycles. The Labute approximate surface area is 112 Å². The molecular formula is C14H18FNO3. The summed E-state index contributed by atoms with van der Waals surface area (Å²) in [5.74, 6) is -1.56. The summed E-state index contributed by atoms with van der Waals surface area (Å²) in [5, 5.41) is 0. The van der Waals surface area contributed by atoms with Gasteiger partial charge in [-0.25, -0.2) is 4.39 Å². The fraction of sp³-hybridized carbons (Fsp3) is 0.429.